The molecule has 4 aromatic rings. The molecule has 2 amide bonds. The van der Waals surface area contributed by atoms with E-state index >= 15 is 0 Å². The van der Waals surface area contributed by atoms with Crippen molar-refractivity contribution in [3.63, 3.8) is 0 Å². The van der Waals surface area contributed by atoms with Gasteiger partial charge in [0, 0.05) is 6.54 Å². The molecule has 0 bridgehead atoms. The Kier molecular flexibility index (Phi) is 10.7. The first kappa shape index (κ1) is 31.0. The minimum absolute atomic E-state index is 0.0817. The summed E-state index contributed by atoms with van der Waals surface area (Å²) in [5, 5.41) is 6.82. The summed E-state index contributed by atoms with van der Waals surface area (Å²) in [4.78, 5) is 25.0. The van der Waals surface area contributed by atoms with Crippen LogP contribution in [0.3, 0.4) is 0 Å². The monoisotopic (exact) mass is 598 g/mol. The smallest absolute Gasteiger partial charge is 0.264 e. The number of nitrogens with one attached hydrogen (secondary N) is 2. The van der Waals surface area contributed by atoms with Crippen molar-refractivity contribution in [2.24, 2.45) is 5.10 Å². The number of sulfonamides is 1. The van der Waals surface area contributed by atoms with Gasteiger partial charge in [-0.15, -0.1) is 0 Å². The molecule has 4 aromatic carbocycles. The summed E-state index contributed by atoms with van der Waals surface area (Å²) in [5.74, 6) is -0.308. The van der Waals surface area contributed by atoms with Crippen molar-refractivity contribution in [2.45, 2.75) is 25.2 Å². The van der Waals surface area contributed by atoms with Gasteiger partial charge < -0.3 is 10.1 Å². The highest BCUT2D eigenvalue weighted by Crippen LogP contribution is 2.27. The Morgan fingerprint density at radius 2 is 1.53 bits per heavy atom. The molecule has 0 atom stereocenters. The molecule has 0 aliphatic rings. The van der Waals surface area contributed by atoms with E-state index in [0.717, 1.165) is 27.4 Å². The van der Waals surface area contributed by atoms with E-state index in [1.54, 1.807) is 61.5 Å². The van der Waals surface area contributed by atoms with Gasteiger partial charge in [-0.05, 0) is 79.4 Å². The lowest BCUT2D eigenvalue weighted by Crippen LogP contribution is -2.40. The summed E-state index contributed by atoms with van der Waals surface area (Å²) in [5.41, 5.74) is 6.34. The number of carbonyl (C=O) groups is 2. The summed E-state index contributed by atoms with van der Waals surface area (Å²) in [6.07, 6.45) is 2.18. The number of rotatable bonds is 13. The maximum Gasteiger partial charge on any atom is 0.264 e. The van der Waals surface area contributed by atoms with E-state index in [-0.39, 0.29) is 17.4 Å². The minimum atomic E-state index is -4.02. The molecule has 0 aromatic heterocycles. The van der Waals surface area contributed by atoms with E-state index in [4.69, 9.17) is 4.74 Å². The number of anilines is 1. The highest BCUT2D eigenvalue weighted by molar-refractivity contribution is 7.92. The molecule has 222 valence electrons. The Labute approximate surface area is 252 Å². The predicted molar refractivity (Wildman–Crippen MR) is 168 cm³/mol. The van der Waals surface area contributed by atoms with Crippen LogP contribution < -0.4 is 19.8 Å². The van der Waals surface area contributed by atoms with Gasteiger partial charge in [-0.3, -0.25) is 13.9 Å². The topological polar surface area (TPSA) is 117 Å². The fourth-order valence-electron chi connectivity index (χ4n) is 4.29. The number of carbonyl (C=O) groups excluding carboxylic acids is 2. The van der Waals surface area contributed by atoms with Crippen LogP contribution in [0.5, 0.6) is 5.75 Å². The van der Waals surface area contributed by atoms with Crippen LogP contribution in [0.1, 0.15) is 22.3 Å². The van der Waals surface area contributed by atoms with Crippen LogP contribution in [0.2, 0.25) is 0 Å². The quantitative estimate of drug-likeness (QED) is 0.175. The third-order valence-electron chi connectivity index (χ3n) is 6.47. The Bertz CT molecular complexity index is 1660. The second-order valence-corrected chi connectivity index (χ2v) is 11.7. The van der Waals surface area contributed by atoms with E-state index in [1.165, 1.54) is 18.3 Å². The Morgan fingerprint density at radius 1 is 0.860 bits per heavy atom. The first-order chi connectivity index (χ1) is 20.7. The van der Waals surface area contributed by atoms with E-state index in [9.17, 15) is 18.0 Å². The summed E-state index contributed by atoms with van der Waals surface area (Å²) >= 11 is 0. The van der Waals surface area contributed by atoms with Crippen molar-refractivity contribution < 1.29 is 22.7 Å². The maximum absolute atomic E-state index is 13.5. The Balaban J connectivity index is 1.31. The van der Waals surface area contributed by atoms with Crippen molar-refractivity contribution in [1.29, 1.82) is 0 Å². The molecule has 0 unspecified atom stereocenters. The third kappa shape index (κ3) is 9.01. The number of amides is 2. The molecule has 0 saturated heterocycles. The molecule has 4 rings (SSSR count). The van der Waals surface area contributed by atoms with Crippen molar-refractivity contribution >= 4 is 33.7 Å². The highest BCUT2D eigenvalue weighted by Gasteiger charge is 2.28. The van der Waals surface area contributed by atoms with Crippen LogP contribution in [0.25, 0.3) is 0 Å². The van der Waals surface area contributed by atoms with Crippen LogP contribution in [0.15, 0.2) is 113 Å². The van der Waals surface area contributed by atoms with Crippen LogP contribution in [-0.4, -0.2) is 46.1 Å². The first-order valence-electron chi connectivity index (χ1n) is 13.7. The number of aryl methyl sites for hydroxylation is 2. The summed E-state index contributed by atoms with van der Waals surface area (Å²) < 4.78 is 33.7. The Morgan fingerprint density at radius 3 is 2.21 bits per heavy atom. The highest BCUT2D eigenvalue weighted by atomic mass is 32.2. The van der Waals surface area contributed by atoms with Crippen molar-refractivity contribution in [2.75, 3.05) is 24.0 Å². The Hall–Kier alpha value is -4.96. The lowest BCUT2D eigenvalue weighted by atomic mass is 10.1. The second kappa shape index (κ2) is 14.8. The number of benzene rings is 4. The van der Waals surface area contributed by atoms with Crippen molar-refractivity contribution in [1.82, 2.24) is 10.7 Å². The van der Waals surface area contributed by atoms with Gasteiger partial charge >= 0.3 is 0 Å². The van der Waals surface area contributed by atoms with Crippen LogP contribution >= 0.6 is 0 Å². The van der Waals surface area contributed by atoms with Crippen LogP contribution in [0, 0.1) is 13.8 Å². The zero-order valence-electron chi connectivity index (χ0n) is 24.1. The molecule has 0 aliphatic carbocycles. The van der Waals surface area contributed by atoms with Gasteiger partial charge in [0.1, 0.15) is 12.3 Å². The van der Waals surface area contributed by atoms with Gasteiger partial charge in [0.05, 0.1) is 16.8 Å². The molecule has 0 saturated carbocycles. The number of hydrogen-bond acceptors (Lipinski definition) is 6. The molecule has 0 spiro atoms. The van der Waals surface area contributed by atoms with Crippen molar-refractivity contribution in [3.05, 3.63) is 125 Å². The molecule has 43 heavy (non-hydrogen) atoms. The summed E-state index contributed by atoms with van der Waals surface area (Å²) in [6, 6.07) is 30.1. The molecule has 0 radical (unpaired) electrons. The van der Waals surface area contributed by atoms with Gasteiger partial charge in [-0.2, -0.15) is 5.10 Å². The van der Waals surface area contributed by atoms with E-state index in [0.29, 0.717) is 23.5 Å². The lowest BCUT2D eigenvalue weighted by molar-refractivity contribution is -0.123. The molecule has 0 heterocycles. The van der Waals surface area contributed by atoms with Gasteiger partial charge in [-0.25, -0.2) is 13.8 Å². The fraction of sp³-hybridized carbons (Fsp3) is 0.182. The number of nitrogens with zero attached hydrogens (tertiary/aromatic N) is 2. The van der Waals surface area contributed by atoms with Crippen LogP contribution in [0.4, 0.5) is 5.69 Å². The van der Waals surface area contributed by atoms with Crippen LogP contribution in [-0.2, 0) is 26.0 Å². The largest absolute Gasteiger partial charge is 0.484 e. The minimum Gasteiger partial charge on any atom is -0.484 e. The molecule has 10 heteroatoms. The van der Waals surface area contributed by atoms with E-state index < -0.39 is 22.5 Å². The number of hydrazone groups is 1. The average Bonchev–Trinajstić information content (AvgIpc) is 3.01. The van der Waals surface area contributed by atoms with Gasteiger partial charge in [0.15, 0.2) is 6.61 Å². The summed E-state index contributed by atoms with van der Waals surface area (Å²) in [7, 11) is -4.02. The zero-order valence-corrected chi connectivity index (χ0v) is 24.9. The SMILES string of the molecule is Cc1ccc(N(CC(=O)N/N=C/c2ccc(OCC(=O)NCCc3ccccc3)cc2)S(=O)(=O)c2ccccc2)c(C)c1. The van der Waals surface area contributed by atoms with Gasteiger partial charge in [-0.1, -0.05) is 66.2 Å². The fourth-order valence-corrected chi connectivity index (χ4v) is 5.80. The van der Waals surface area contributed by atoms with E-state index in [2.05, 4.69) is 15.8 Å². The average molecular weight is 599 g/mol. The summed E-state index contributed by atoms with van der Waals surface area (Å²) in [6.45, 7) is 3.67. The standard InChI is InChI=1S/C33H34N4O5S/c1-25-13-18-31(26(2)21-25)37(43(40,41)30-11-7-4-8-12-30)23-32(38)36-35-22-28-14-16-29(17-15-28)42-24-33(39)34-20-19-27-9-5-3-6-10-27/h3-18,21-22H,19-20,23-24H2,1-2H3,(H,34,39)(H,36,38)/b35-22+. The van der Waals surface area contributed by atoms with Gasteiger partial charge in [0.2, 0.25) is 0 Å². The van der Waals surface area contributed by atoms with Gasteiger partial charge in [0.25, 0.3) is 21.8 Å². The normalized spacial score (nSPS) is 11.2. The van der Waals surface area contributed by atoms with Crippen molar-refractivity contribution in [3.8, 4) is 5.75 Å². The molecule has 2 N–H and O–H groups in total. The number of hydrogen-bond donors (Lipinski definition) is 2. The molecule has 9 nitrogen and oxygen atoms in total. The predicted octanol–water partition coefficient (Wildman–Crippen LogP) is 4.39. The lowest BCUT2D eigenvalue weighted by Gasteiger charge is -2.25. The molecule has 0 aliphatic heterocycles. The second-order valence-electron chi connectivity index (χ2n) is 9.85. The third-order valence-corrected chi connectivity index (χ3v) is 8.24. The molecular weight excluding hydrogens is 564 g/mol. The zero-order chi connectivity index (χ0) is 30.7. The molecule has 0 fully saturated rings. The first-order valence-corrected chi connectivity index (χ1v) is 15.2. The number of ether oxygens (including phenoxy) is 1. The molecular formula is C33H34N4O5S. The van der Waals surface area contributed by atoms with E-state index in [1.807, 2.05) is 43.3 Å². The maximum atomic E-state index is 13.5.